The van der Waals surface area contributed by atoms with Crippen LogP contribution in [0.3, 0.4) is 0 Å². The third-order valence-electron chi connectivity index (χ3n) is 3.95. The van der Waals surface area contributed by atoms with E-state index in [1.165, 1.54) is 5.56 Å². The third kappa shape index (κ3) is 4.00. The van der Waals surface area contributed by atoms with Crippen LogP contribution in [0, 0.1) is 12.8 Å². The molecule has 0 aromatic heterocycles. The standard InChI is InChI=1S/C16H24N2OS/c1-12-3-5-15(6-4-12)20-11-16(19)18-8-7-13(2)9-14(18)10-17/h3-6,13-14H,7-11,17H2,1-2H3. The van der Waals surface area contributed by atoms with Gasteiger partial charge in [-0.25, -0.2) is 0 Å². The highest BCUT2D eigenvalue weighted by Crippen LogP contribution is 2.24. The molecule has 0 saturated carbocycles. The lowest BCUT2D eigenvalue weighted by atomic mass is 9.92. The number of aryl methyl sites for hydroxylation is 1. The Balaban J connectivity index is 1.89. The van der Waals surface area contributed by atoms with Crippen molar-refractivity contribution in [2.75, 3.05) is 18.8 Å². The molecular formula is C16H24N2OS. The van der Waals surface area contributed by atoms with Gasteiger partial charge in [-0.1, -0.05) is 24.6 Å². The van der Waals surface area contributed by atoms with Gasteiger partial charge in [-0.15, -0.1) is 11.8 Å². The highest BCUT2D eigenvalue weighted by Gasteiger charge is 2.28. The van der Waals surface area contributed by atoms with Crippen LogP contribution >= 0.6 is 11.8 Å². The number of carbonyl (C=O) groups is 1. The molecule has 110 valence electrons. The minimum Gasteiger partial charge on any atom is -0.338 e. The fraction of sp³-hybridized carbons (Fsp3) is 0.562. The number of hydrogen-bond donors (Lipinski definition) is 1. The summed E-state index contributed by atoms with van der Waals surface area (Å²) in [4.78, 5) is 15.5. The zero-order valence-electron chi connectivity index (χ0n) is 12.3. The van der Waals surface area contributed by atoms with Gasteiger partial charge in [0.05, 0.1) is 5.75 Å². The molecule has 1 fully saturated rings. The fourth-order valence-electron chi connectivity index (χ4n) is 2.67. The topological polar surface area (TPSA) is 46.3 Å². The Kier molecular flexibility index (Phi) is 5.49. The predicted octanol–water partition coefficient (Wildman–Crippen LogP) is 2.67. The number of rotatable bonds is 4. The number of hydrogen-bond acceptors (Lipinski definition) is 3. The maximum absolute atomic E-state index is 12.4. The van der Waals surface area contributed by atoms with Crippen molar-refractivity contribution in [1.29, 1.82) is 0 Å². The summed E-state index contributed by atoms with van der Waals surface area (Å²) < 4.78 is 0. The summed E-state index contributed by atoms with van der Waals surface area (Å²) in [7, 11) is 0. The quantitative estimate of drug-likeness (QED) is 0.868. The van der Waals surface area contributed by atoms with E-state index in [1.54, 1.807) is 11.8 Å². The van der Waals surface area contributed by atoms with Crippen LogP contribution in [0.4, 0.5) is 0 Å². The van der Waals surface area contributed by atoms with E-state index in [1.807, 2.05) is 4.90 Å². The SMILES string of the molecule is Cc1ccc(SCC(=O)N2CCC(C)CC2CN)cc1. The van der Waals surface area contributed by atoms with Gasteiger partial charge in [-0.05, 0) is 37.8 Å². The van der Waals surface area contributed by atoms with Gasteiger partial charge < -0.3 is 10.6 Å². The molecule has 1 aromatic rings. The Morgan fingerprint density at radius 3 is 2.75 bits per heavy atom. The Hall–Kier alpha value is -1.00. The molecule has 0 bridgehead atoms. The highest BCUT2D eigenvalue weighted by molar-refractivity contribution is 8.00. The van der Waals surface area contributed by atoms with E-state index in [2.05, 4.69) is 38.1 Å². The molecule has 0 spiro atoms. The minimum absolute atomic E-state index is 0.220. The first-order chi connectivity index (χ1) is 9.60. The van der Waals surface area contributed by atoms with Gasteiger partial charge in [0.15, 0.2) is 0 Å². The Bertz CT molecular complexity index is 446. The summed E-state index contributed by atoms with van der Waals surface area (Å²) in [6.45, 7) is 5.74. The number of carbonyl (C=O) groups excluding carboxylic acids is 1. The summed E-state index contributed by atoms with van der Waals surface area (Å²) >= 11 is 1.61. The van der Waals surface area contributed by atoms with Crippen molar-refractivity contribution in [2.45, 2.75) is 37.6 Å². The van der Waals surface area contributed by atoms with Crippen LogP contribution in [-0.2, 0) is 4.79 Å². The largest absolute Gasteiger partial charge is 0.338 e. The van der Waals surface area contributed by atoms with E-state index in [9.17, 15) is 4.79 Å². The molecule has 2 unspecified atom stereocenters. The normalized spacial score (nSPS) is 22.9. The first kappa shape index (κ1) is 15.4. The molecular weight excluding hydrogens is 268 g/mol. The average Bonchev–Trinajstić information content (AvgIpc) is 2.46. The Morgan fingerprint density at radius 2 is 2.10 bits per heavy atom. The van der Waals surface area contributed by atoms with E-state index in [-0.39, 0.29) is 11.9 Å². The molecule has 1 aromatic carbocycles. The van der Waals surface area contributed by atoms with Gasteiger partial charge in [0, 0.05) is 24.0 Å². The minimum atomic E-state index is 0.220. The molecule has 0 aliphatic carbocycles. The van der Waals surface area contributed by atoms with E-state index < -0.39 is 0 Å². The summed E-state index contributed by atoms with van der Waals surface area (Å²) in [5.41, 5.74) is 7.06. The van der Waals surface area contributed by atoms with Crippen molar-refractivity contribution in [3.8, 4) is 0 Å². The molecule has 2 rings (SSSR count). The number of thioether (sulfide) groups is 1. The van der Waals surface area contributed by atoms with Crippen molar-refractivity contribution >= 4 is 17.7 Å². The molecule has 2 N–H and O–H groups in total. The zero-order valence-corrected chi connectivity index (χ0v) is 13.2. The van der Waals surface area contributed by atoms with Crippen LogP contribution in [0.25, 0.3) is 0 Å². The molecule has 3 nitrogen and oxygen atoms in total. The number of nitrogens with two attached hydrogens (primary N) is 1. The molecule has 1 aliphatic heterocycles. The average molecular weight is 292 g/mol. The lowest BCUT2D eigenvalue weighted by molar-refractivity contribution is -0.132. The number of amides is 1. The molecule has 1 heterocycles. The summed E-state index contributed by atoms with van der Waals surface area (Å²) in [6, 6.07) is 8.54. The Morgan fingerprint density at radius 1 is 1.40 bits per heavy atom. The predicted molar refractivity (Wildman–Crippen MR) is 84.9 cm³/mol. The molecule has 4 heteroatoms. The summed E-state index contributed by atoms with van der Waals surface area (Å²) in [5.74, 6) is 1.41. The second-order valence-corrected chi connectivity index (χ2v) is 6.76. The van der Waals surface area contributed by atoms with Crippen molar-refractivity contribution < 1.29 is 4.79 Å². The van der Waals surface area contributed by atoms with E-state index in [0.717, 1.165) is 24.3 Å². The van der Waals surface area contributed by atoms with Crippen molar-refractivity contribution in [2.24, 2.45) is 11.7 Å². The molecule has 2 atom stereocenters. The van der Waals surface area contributed by atoms with Gasteiger partial charge in [0.1, 0.15) is 0 Å². The third-order valence-corrected chi connectivity index (χ3v) is 4.95. The van der Waals surface area contributed by atoms with Crippen LogP contribution in [-0.4, -0.2) is 35.7 Å². The molecule has 1 amide bonds. The maximum Gasteiger partial charge on any atom is 0.233 e. The van der Waals surface area contributed by atoms with Crippen molar-refractivity contribution in [1.82, 2.24) is 4.90 Å². The van der Waals surface area contributed by atoms with Crippen LogP contribution < -0.4 is 5.73 Å². The maximum atomic E-state index is 12.4. The van der Waals surface area contributed by atoms with Gasteiger partial charge >= 0.3 is 0 Å². The van der Waals surface area contributed by atoms with E-state index in [4.69, 9.17) is 5.73 Å². The van der Waals surface area contributed by atoms with E-state index in [0.29, 0.717) is 18.2 Å². The number of benzene rings is 1. The number of piperidine rings is 1. The van der Waals surface area contributed by atoms with Gasteiger partial charge in [0.2, 0.25) is 5.91 Å². The van der Waals surface area contributed by atoms with Gasteiger partial charge in [-0.3, -0.25) is 4.79 Å². The first-order valence-corrected chi connectivity index (χ1v) is 8.27. The lowest BCUT2D eigenvalue weighted by Crippen LogP contribution is -2.49. The smallest absolute Gasteiger partial charge is 0.233 e. The monoisotopic (exact) mass is 292 g/mol. The van der Waals surface area contributed by atoms with E-state index >= 15 is 0 Å². The second-order valence-electron chi connectivity index (χ2n) is 5.71. The second kappa shape index (κ2) is 7.14. The highest BCUT2D eigenvalue weighted by atomic mass is 32.2. The number of nitrogens with zero attached hydrogens (tertiary/aromatic N) is 1. The van der Waals surface area contributed by atoms with Gasteiger partial charge in [-0.2, -0.15) is 0 Å². The van der Waals surface area contributed by atoms with Gasteiger partial charge in [0.25, 0.3) is 0 Å². The zero-order chi connectivity index (χ0) is 14.5. The van der Waals surface area contributed by atoms with Crippen LogP contribution in [0.2, 0.25) is 0 Å². The first-order valence-electron chi connectivity index (χ1n) is 7.29. The molecule has 1 aliphatic rings. The fourth-order valence-corrected chi connectivity index (χ4v) is 3.45. The van der Waals surface area contributed by atoms with Crippen LogP contribution in [0.15, 0.2) is 29.2 Å². The Labute approximate surface area is 125 Å². The molecule has 1 saturated heterocycles. The van der Waals surface area contributed by atoms with Crippen molar-refractivity contribution in [3.63, 3.8) is 0 Å². The van der Waals surface area contributed by atoms with Crippen LogP contribution in [0.5, 0.6) is 0 Å². The lowest BCUT2D eigenvalue weighted by Gasteiger charge is -2.38. The summed E-state index contributed by atoms with van der Waals surface area (Å²) in [6.07, 6.45) is 2.13. The number of likely N-dealkylation sites (tertiary alicyclic amines) is 1. The molecule has 20 heavy (non-hydrogen) atoms. The molecule has 0 radical (unpaired) electrons. The van der Waals surface area contributed by atoms with Crippen molar-refractivity contribution in [3.05, 3.63) is 29.8 Å². The van der Waals surface area contributed by atoms with Crippen LogP contribution in [0.1, 0.15) is 25.3 Å². The summed E-state index contributed by atoms with van der Waals surface area (Å²) in [5, 5.41) is 0.